The molecular weight excluding hydrogens is 260 g/mol. The topological polar surface area (TPSA) is 26.7 Å². The molecule has 0 bridgehead atoms. The summed E-state index contributed by atoms with van der Waals surface area (Å²) in [6.45, 7) is 8.75. The fraction of sp³-hybridized carbons (Fsp3) is 0.600. The third-order valence-corrected chi connectivity index (χ3v) is 4.24. The van der Waals surface area contributed by atoms with E-state index in [4.69, 9.17) is 11.6 Å². The van der Waals surface area contributed by atoms with Gasteiger partial charge in [0.05, 0.1) is 6.10 Å². The third-order valence-electron chi connectivity index (χ3n) is 3.90. The van der Waals surface area contributed by atoms with Crippen LogP contribution in [0.15, 0.2) is 24.3 Å². The van der Waals surface area contributed by atoms with Crippen LogP contribution < -0.4 is 0 Å². The first-order valence-corrected chi connectivity index (χ1v) is 7.45. The summed E-state index contributed by atoms with van der Waals surface area (Å²) < 4.78 is 0. The van der Waals surface area contributed by atoms with Crippen molar-refractivity contribution in [3.8, 4) is 0 Å². The summed E-state index contributed by atoms with van der Waals surface area (Å²) in [5.74, 6) is 0. The van der Waals surface area contributed by atoms with E-state index in [1.807, 2.05) is 24.3 Å². The third kappa shape index (κ3) is 4.18. The van der Waals surface area contributed by atoms with Crippen LogP contribution in [0.3, 0.4) is 0 Å². The van der Waals surface area contributed by atoms with Gasteiger partial charge in [-0.1, -0.05) is 36.7 Å². The molecule has 1 saturated heterocycles. The summed E-state index contributed by atoms with van der Waals surface area (Å²) in [6, 6.07) is 7.55. The number of benzene rings is 1. The highest BCUT2D eigenvalue weighted by molar-refractivity contribution is 6.31. The second kappa shape index (κ2) is 7.25. The van der Waals surface area contributed by atoms with Gasteiger partial charge in [-0.25, -0.2) is 0 Å². The first kappa shape index (κ1) is 14.8. The Bertz CT molecular complexity index is 391. The molecule has 1 unspecified atom stereocenters. The van der Waals surface area contributed by atoms with Crippen molar-refractivity contribution in [2.45, 2.75) is 19.4 Å². The molecule has 0 aliphatic carbocycles. The van der Waals surface area contributed by atoms with Crippen molar-refractivity contribution in [1.82, 2.24) is 9.80 Å². The van der Waals surface area contributed by atoms with Gasteiger partial charge in [-0.15, -0.1) is 0 Å². The number of rotatable bonds is 5. The summed E-state index contributed by atoms with van der Waals surface area (Å²) in [4.78, 5) is 4.88. The van der Waals surface area contributed by atoms with E-state index < -0.39 is 6.10 Å². The highest BCUT2D eigenvalue weighted by atomic mass is 35.5. The smallest absolute Gasteiger partial charge is 0.0816 e. The van der Waals surface area contributed by atoms with E-state index >= 15 is 0 Å². The molecule has 1 aromatic carbocycles. The van der Waals surface area contributed by atoms with Gasteiger partial charge in [0.25, 0.3) is 0 Å². The fourth-order valence-corrected chi connectivity index (χ4v) is 2.80. The van der Waals surface area contributed by atoms with Gasteiger partial charge in [0, 0.05) is 37.7 Å². The van der Waals surface area contributed by atoms with Crippen molar-refractivity contribution in [1.29, 1.82) is 0 Å². The summed E-state index contributed by atoms with van der Waals surface area (Å²) in [7, 11) is 0. The monoisotopic (exact) mass is 282 g/mol. The molecule has 4 heteroatoms. The predicted octanol–water partition coefficient (Wildman–Crippen LogP) is 2.40. The quantitative estimate of drug-likeness (QED) is 0.898. The molecule has 1 fully saturated rings. The van der Waals surface area contributed by atoms with Crippen LogP contribution in [-0.2, 0) is 0 Å². The van der Waals surface area contributed by atoms with Crippen LogP contribution in [0.2, 0.25) is 5.02 Å². The summed E-state index contributed by atoms with van der Waals surface area (Å²) in [5, 5.41) is 10.9. The summed E-state index contributed by atoms with van der Waals surface area (Å²) >= 11 is 6.10. The van der Waals surface area contributed by atoms with E-state index in [2.05, 4.69) is 16.7 Å². The Morgan fingerprint density at radius 1 is 1.16 bits per heavy atom. The molecule has 1 N–H and O–H groups in total. The molecule has 106 valence electrons. The zero-order valence-corrected chi connectivity index (χ0v) is 12.3. The molecule has 0 aromatic heterocycles. The van der Waals surface area contributed by atoms with Gasteiger partial charge in [0.15, 0.2) is 0 Å². The average molecular weight is 283 g/mol. The molecule has 1 aliphatic rings. The number of hydrogen-bond donors (Lipinski definition) is 1. The lowest BCUT2D eigenvalue weighted by molar-refractivity contribution is 0.105. The molecule has 0 saturated carbocycles. The van der Waals surface area contributed by atoms with Crippen molar-refractivity contribution in [3.05, 3.63) is 34.9 Å². The molecular formula is C15H23ClN2O. The SMILES string of the molecule is CCN1CCN(CCC(O)c2ccccc2Cl)CC1. The van der Waals surface area contributed by atoms with Crippen molar-refractivity contribution >= 4 is 11.6 Å². The first-order valence-electron chi connectivity index (χ1n) is 7.08. The van der Waals surface area contributed by atoms with Gasteiger partial charge in [-0.3, -0.25) is 0 Å². The molecule has 3 nitrogen and oxygen atoms in total. The van der Waals surface area contributed by atoms with Crippen LogP contribution >= 0.6 is 11.6 Å². The zero-order valence-electron chi connectivity index (χ0n) is 11.6. The van der Waals surface area contributed by atoms with Crippen LogP contribution in [0.5, 0.6) is 0 Å². The maximum absolute atomic E-state index is 10.2. The maximum atomic E-state index is 10.2. The van der Waals surface area contributed by atoms with E-state index in [0.29, 0.717) is 5.02 Å². The van der Waals surface area contributed by atoms with Crippen LogP contribution in [0, 0.1) is 0 Å². The van der Waals surface area contributed by atoms with Gasteiger partial charge >= 0.3 is 0 Å². The second-order valence-corrected chi connectivity index (χ2v) is 5.51. The fourth-order valence-electron chi connectivity index (χ4n) is 2.53. The molecule has 0 amide bonds. The van der Waals surface area contributed by atoms with Gasteiger partial charge < -0.3 is 14.9 Å². The highest BCUT2D eigenvalue weighted by Crippen LogP contribution is 2.25. The summed E-state index contributed by atoms with van der Waals surface area (Å²) in [6.07, 6.45) is 0.286. The number of hydrogen-bond acceptors (Lipinski definition) is 3. The lowest BCUT2D eigenvalue weighted by atomic mass is 10.1. The van der Waals surface area contributed by atoms with E-state index in [1.54, 1.807) is 0 Å². The van der Waals surface area contributed by atoms with Crippen LogP contribution in [0.1, 0.15) is 25.0 Å². The number of aliphatic hydroxyl groups is 1. The molecule has 0 spiro atoms. The molecule has 1 aromatic rings. The van der Waals surface area contributed by atoms with Gasteiger partial charge in [0.2, 0.25) is 0 Å². The molecule has 1 aliphatic heterocycles. The Hall–Kier alpha value is -0.610. The first-order chi connectivity index (χ1) is 9.20. The summed E-state index contributed by atoms with van der Waals surface area (Å²) in [5.41, 5.74) is 0.844. The lowest BCUT2D eigenvalue weighted by Gasteiger charge is -2.34. The lowest BCUT2D eigenvalue weighted by Crippen LogP contribution is -2.46. The van der Waals surface area contributed by atoms with Crippen molar-refractivity contribution in [2.75, 3.05) is 39.3 Å². The number of likely N-dealkylation sites (N-methyl/N-ethyl adjacent to an activating group) is 1. The van der Waals surface area contributed by atoms with E-state index in [9.17, 15) is 5.11 Å². The molecule has 0 radical (unpaired) electrons. The Balaban J connectivity index is 1.78. The highest BCUT2D eigenvalue weighted by Gasteiger charge is 2.17. The Morgan fingerprint density at radius 2 is 1.79 bits per heavy atom. The minimum Gasteiger partial charge on any atom is -0.388 e. The normalized spacial score (nSPS) is 19.5. The van der Waals surface area contributed by atoms with Crippen LogP contribution in [-0.4, -0.2) is 54.2 Å². The molecule has 2 rings (SSSR count). The van der Waals surface area contributed by atoms with E-state index in [-0.39, 0.29) is 0 Å². The van der Waals surface area contributed by atoms with E-state index in [1.165, 1.54) is 0 Å². The molecule has 1 atom stereocenters. The Morgan fingerprint density at radius 3 is 2.42 bits per heavy atom. The van der Waals surface area contributed by atoms with Gasteiger partial charge in [-0.05, 0) is 24.6 Å². The van der Waals surface area contributed by atoms with Crippen LogP contribution in [0.4, 0.5) is 0 Å². The Labute approximate surface area is 120 Å². The standard InChI is InChI=1S/C15H23ClN2O/c1-2-17-9-11-18(12-10-17)8-7-15(19)13-5-3-4-6-14(13)16/h3-6,15,19H,2,7-12H2,1H3. The van der Waals surface area contributed by atoms with Crippen molar-refractivity contribution in [2.24, 2.45) is 0 Å². The molecule has 1 heterocycles. The zero-order chi connectivity index (χ0) is 13.7. The van der Waals surface area contributed by atoms with Gasteiger partial charge in [0.1, 0.15) is 0 Å². The van der Waals surface area contributed by atoms with Crippen molar-refractivity contribution < 1.29 is 5.11 Å². The average Bonchev–Trinajstić information content (AvgIpc) is 2.46. The predicted molar refractivity (Wildman–Crippen MR) is 79.6 cm³/mol. The largest absolute Gasteiger partial charge is 0.388 e. The van der Waals surface area contributed by atoms with Crippen LogP contribution in [0.25, 0.3) is 0 Å². The molecule has 19 heavy (non-hydrogen) atoms. The van der Waals surface area contributed by atoms with E-state index in [0.717, 1.165) is 51.3 Å². The minimum absolute atomic E-state index is 0.460. The van der Waals surface area contributed by atoms with Crippen molar-refractivity contribution in [3.63, 3.8) is 0 Å². The van der Waals surface area contributed by atoms with Gasteiger partial charge in [-0.2, -0.15) is 0 Å². The maximum Gasteiger partial charge on any atom is 0.0816 e. The number of piperazine rings is 1. The number of nitrogens with zero attached hydrogens (tertiary/aromatic N) is 2. The second-order valence-electron chi connectivity index (χ2n) is 5.10. The number of halogens is 1. The number of aliphatic hydroxyl groups excluding tert-OH is 1. The Kier molecular flexibility index (Phi) is 5.64. The minimum atomic E-state index is -0.460.